The number of rotatable bonds is 3. The van der Waals surface area contributed by atoms with Gasteiger partial charge >= 0.3 is 0 Å². The Morgan fingerprint density at radius 2 is 2.09 bits per heavy atom. The Hall–Kier alpha value is -2.69. The number of fused-ring (bicyclic) bond motifs is 1. The Kier molecular flexibility index (Phi) is 3.15. The Balaban J connectivity index is 1.89. The minimum Gasteiger partial charge on any atom is -0.349 e. The molecule has 0 saturated heterocycles. The van der Waals surface area contributed by atoms with Crippen LogP contribution in [-0.4, -0.2) is 26.7 Å². The van der Waals surface area contributed by atoms with Crippen LogP contribution in [0.25, 0.3) is 22.2 Å². The highest BCUT2D eigenvalue weighted by atomic mass is 16.1. The van der Waals surface area contributed by atoms with E-state index >= 15 is 0 Å². The molecule has 1 amide bonds. The molecule has 2 heterocycles. The molecule has 1 N–H and O–H groups in total. The third kappa shape index (κ3) is 2.48. The van der Waals surface area contributed by atoms with Crippen molar-refractivity contribution in [3.63, 3.8) is 0 Å². The van der Waals surface area contributed by atoms with E-state index in [1.54, 1.807) is 6.20 Å². The SMILES string of the molecule is Cc1c(-c2cc(C(=O)NC3CC3)c3ccccc3n2)cnn1C. The summed E-state index contributed by atoms with van der Waals surface area (Å²) in [5.41, 5.74) is 4.28. The summed E-state index contributed by atoms with van der Waals surface area (Å²) < 4.78 is 1.82. The van der Waals surface area contributed by atoms with Gasteiger partial charge in [-0.3, -0.25) is 9.48 Å². The zero-order valence-electron chi connectivity index (χ0n) is 13.2. The van der Waals surface area contributed by atoms with E-state index in [9.17, 15) is 4.79 Å². The van der Waals surface area contributed by atoms with E-state index in [2.05, 4.69) is 10.4 Å². The molecule has 4 rings (SSSR count). The lowest BCUT2D eigenvalue weighted by Gasteiger charge is -2.10. The van der Waals surface area contributed by atoms with Gasteiger partial charge in [-0.2, -0.15) is 5.10 Å². The highest BCUT2D eigenvalue weighted by Gasteiger charge is 2.25. The average molecular weight is 306 g/mol. The summed E-state index contributed by atoms with van der Waals surface area (Å²) in [5, 5.41) is 8.24. The first-order valence-corrected chi connectivity index (χ1v) is 7.83. The van der Waals surface area contributed by atoms with Crippen molar-refractivity contribution >= 4 is 16.8 Å². The van der Waals surface area contributed by atoms with Crippen LogP contribution in [0.5, 0.6) is 0 Å². The number of para-hydroxylation sites is 1. The number of aryl methyl sites for hydroxylation is 1. The second-order valence-corrected chi connectivity index (χ2v) is 6.09. The van der Waals surface area contributed by atoms with E-state index in [1.807, 2.05) is 49.0 Å². The van der Waals surface area contributed by atoms with Crippen LogP contribution in [0.15, 0.2) is 36.5 Å². The van der Waals surface area contributed by atoms with Crippen molar-refractivity contribution in [2.24, 2.45) is 7.05 Å². The van der Waals surface area contributed by atoms with Crippen molar-refractivity contribution in [2.75, 3.05) is 0 Å². The van der Waals surface area contributed by atoms with Crippen molar-refractivity contribution in [3.8, 4) is 11.3 Å². The number of nitrogens with one attached hydrogen (secondary N) is 1. The molecule has 2 aromatic heterocycles. The van der Waals surface area contributed by atoms with Gasteiger partial charge in [-0.25, -0.2) is 4.98 Å². The first-order valence-electron chi connectivity index (χ1n) is 7.83. The molecule has 116 valence electrons. The maximum absolute atomic E-state index is 12.6. The van der Waals surface area contributed by atoms with Gasteiger partial charge in [0.1, 0.15) is 0 Å². The number of hydrogen-bond acceptors (Lipinski definition) is 3. The second-order valence-electron chi connectivity index (χ2n) is 6.09. The van der Waals surface area contributed by atoms with Crippen LogP contribution in [0.4, 0.5) is 0 Å². The van der Waals surface area contributed by atoms with Gasteiger partial charge in [0.15, 0.2) is 0 Å². The minimum atomic E-state index is -0.0195. The quantitative estimate of drug-likeness (QED) is 0.809. The molecule has 23 heavy (non-hydrogen) atoms. The number of aromatic nitrogens is 3. The van der Waals surface area contributed by atoms with Gasteiger partial charge in [0.05, 0.1) is 23.0 Å². The van der Waals surface area contributed by atoms with Gasteiger partial charge < -0.3 is 5.32 Å². The summed E-state index contributed by atoms with van der Waals surface area (Å²) >= 11 is 0. The zero-order chi connectivity index (χ0) is 16.0. The lowest BCUT2D eigenvalue weighted by molar-refractivity contribution is 0.0952. The van der Waals surface area contributed by atoms with Crippen molar-refractivity contribution in [2.45, 2.75) is 25.8 Å². The summed E-state index contributed by atoms with van der Waals surface area (Å²) in [6.45, 7) is 2.00. The molecule has 0 atom stereocenters. The maximum Gasteiger partial charge on any atom is 0.252 e. The molecule has 0 unspecified atom stereocenters. The topological polar surface area (TPSA) is 59.8 Å². The molecule has 1 aliphatic rings. The molecule has 1 saturated carbocycles. The summed E-state index contributed by atoms with van der Waals surface area (Å²) in [4.78, 5) is 17.3. The van der Waals surface area contributed by atoms with Crippen LogP contribution < -0.4 is 5.32 Å². The molecule has 1 aromatic carbocycles. The standard InChI is InChI=1S/C18H18N4O/c1-11-15(10-19-22(11)2)17-9-14(18(23)20-12-7-8-12)13-5-3-4-6-16(13)21-17/h3-6,9-10,12H,7-8H2,1-2H3,(H,20,23). The van der Waals surface area contributed by atoms with Gasteiger partial charge in [0.2, 0.25) is 0 Å². The number of hydrogen-bond donors (Lipinski definition) is 1. The molecule has 3 aromatic rings. The van der Waals surface area contributed by atoms with Gasteiger partial charge in [0, 0.05) is 29.7 Å². The van der Waals surface area contributed by atoms with Crippen LogP contribution >= 0.6 is 0 Å². The predicted molar refractivity (Wildman–Crippen MR) is 89.2 cm³/mol. The number of benzene rings is 1. The van der Waals surface area contributed by atoms with Crippen LogP contribution in [0, 0.1) is 6.92 Å². The summed E-state index contributed by atoms with van der Waals surface area (Å²) in [7, 11) is 1.90. The smallest absolute Gasteiger partial charge is 0.252 e. The molecular weight excluding hydrogens is 288 g/mol. The zero-order valence-corrected chi connectivity index (χ0v) is 13.2. The normalized spacial score (nSPS) is 14.2. The van der Waals surface area contributed by atoms with Crippen molar-refractivity contribution in [3.05, 3.63) is 47.8 Å². The number of nitrogens with zero attached hydrogens (tertiary/aromatic N) is 3. The Morgan fingerprint density at radius 1 is 1.30 bits per heavy atom. The fourth-order valence-corrected chi connectivity index (χ4v) is 2.74. The third-order valence-electron chi connectivity index (χ3n) is 4.38. The van der Waals surface area contributed by atoms with Gasteiger partial charge in [0.25, 0.3) is 5.91 Å². The fourth-order valence-electron chi connectivity index (χ4n) is 2.74. The van der Waals surface area contributed by atoms with E-state index in [-0.39, 0.29) is 5.91 Å². The molecule has 1 aliphatic carbocycles. The van der Waals surface area contributed by atoms with E-state index in [4.69, 9.17) is 4.98 Å². The number of amides is 1. The van der Waals surface area contributed by atoms with Crippen LogP contribution in [0.1, 0.15) is 28.9 Å². The van der Waals surface area contributed by atoms with Gasteiger partial charge in [-0.05, 0) is 31.9 Å². The van der Waals surface area contributed by atoms with Crippen molar-refractivity contribution in [1.82, 2.24) is 20.1 Å². The molecule has 5 nitrogen and oxygen atoms in total. The first kappa shape index (κ1) is 13.9. The number of carbonyl (C=O) groups excluding carboxylic acids is 1. The van der Waals surface area contributed by atoms with E-state index in [0.717, 1.165) is 40.7 Å². The van der Waals surface area contributed by atoms with Gasteiger partial charge in [-0.1, -0.05) is 18.2 Å². The molecule has 1 fully saturated rings. The maximum atomic E-state index is 12.6. The van der Waals surface area contributed by atoms with Crippen LogP contribution in [0.3, 0.4) is 0 Å². The predicted octanol–water partition coefficient (Wildman–Crippen LogP) is 2.84. The third-order valence-corrected chi connectivity index (χ3v) is 4.38. The lowest BCUT2D eigenvalue weighted by atomic mass is 10.0. The molecule has 5 heteroatoms. The Morgan fingerprint density at radius 3 is 2.78 bits per heavy atom. The highest BCUT2D eigenvalue weighted by molar-refractivity contribution is 6.07. The molecule has 0 radical (unpaired) electrons. The summed E-state index contributed by atoms with van der Waals surface area (Å²) in [5.74, 6) is -0.0195. The van der Waals surface area contributed by atoms with Crippen molar-refractivity contribution in [1.29, 1.82) is 0 Å². The number of pyridine rings is 1. The minimum absolute atomic E-state index is 0.0195. The van der Waals surface area contributed by atoms with Crippen molar-refractivity contribution < 1.29 is 4.79 Å². The highest BCUT2D eigenvalue weighted by Crippen LogP contribution is 2.27. The largest absolute Gasteiger partial charge is 0.349 e. The molecule has 0 bridgehead atoms. The monoisotopic (exact) mass is 306 g/mol. The lowest BCUT2D eigenvalue weighted by Crippen LogP contribution is -2.25. The van der Waals surface area contributed by atoms with E-state index in [1.165, 1.54) is 0 Å². The average Bonchev–Trinajstić information content (AvgIpc) is 3.31. The fraction of sp³-hybridized carbons (Fsp3) is 0.278. The first-order chi connectivity index (χ1) is 11.1. The molecular formula is C18H18N4O. The van der Waals surface area contributed by atoms with E-state index < -0.39 is 0 Å². The van der Waals surface area contributed by atoms with Crippen LogP contribution in [0.2, 0.25) is 0 Å². The van der Waals surface area contributed by atoms with Gasteiger partial charge in [-0.15, -0.1) is 0 Å². The Labute approximate surface area is 134 Å². The summed E-state index contributed by atoms with van der Waals surface area (Å²) in [6.07, 6.45) is 3.95. The number of carbonyl (C=O) groups is 1. The second kappa shape index (κ2) is 5.19. The summed E-state index contributed by atoms with van der Waals surface area (Å²) in [6, 6.07) is 9.98. The molecule has 0 spiro atoms. The molecule has 0 aliphatic heterocycles. The van der Waals surface area contributed by atoms with E-state index in [0.29, 0.717) is 11.6 Å². The Bertz CT molecular complexity index is 909. The van der Waals surface area contributed by atoms with Crippen LogP contribution in [-0.2, 0) is 7.05 Å².